The third-order valence-electron chi connectivity index (χ3n) is 10.3. The van der Waals surface area contributed by atoms with Crippen LogP contribution in [0, 0.1) is 23.0 Å². The van der Waals surface area contributed by atoms with Gasteiger partial charge in [0.05, 0.1) is 30.0 Å². The standard InChI is InChI=1S/C28H22F2N8O2S.C8H11F2N/c1-39-28-36-22-19-26(37-28)38(16-4-2-3-12-7-8-34-24(32)17(12)16)9-10-40-27(19)35-21(20(22)30)13-5-6-15(29)23-18(13)14(11-31)25(33)41-23;9-8(10)6-4-7-2-1-3-11(7)5-6/h5-8,16H,2-4,9-10,33H2,1H3,(H2,32,34);7H,1-5H2. The van der Waals surface area contributed by atoms with Crippen LogP contribution in [0.1, 0.15) is 54.8 Å². The second-order valence-corrected chi connectivity index (χ2v) is 14.2. The fraction of sp³-hybridized carbons (Fsp3) is 0.361. The Hall–Kier alpha value is -5.27. The molecule has 5 aromatic rings. The molecule has 16 heteroatoms. The van der Waals surface area contributed by atoms with Crippen molar-refractivity contribution in [1.29, 1.82) is 5.26 Å². The van der Waals surface area contributed by atoms with Gasteiger partial charge in [0.15, 0.2) is 5.82 Å². The highest BCUT2D eigenvalue weighted by Gasteiger charge is 2.36. The molecule has 1 aromatic carbocycles. The smallest absolute Gasteiger partial charge is 0.318 e. The number of methoxy groups -OCH3 is 1. The third kappa shape index (κ3) is 5.59. The highest BCUT2D eigenvalue weighted by molar-refractivity contribution is 7.23. The first-order valence-electron chi connectivity index (χ1n) is 16.9. The van der Waals surface area contributed by atoms with Gasteiger partial charge in [-0.2, -0.15) is 24.0 Å². The number of hydrogen-bond acceptors (Lipinski definition) is 12. The van der Waals surface area contributed by atoms with Crippen molar-refractivity contribution in [3.63, 3.8) is 0 Å². The Morgan fingerprint density at radius 3 is 2.69 bits per heavy atom. The summed E-state index contributed by atoms with van der Waals surface area (Å²) in [5.41, 5.74) is 14.8. The van der Waals surface area contributed by atoms with Gasteiger partial charge in [0.2, 0.25) is 5.88 Å². The van der Waals surface area contributed by atoms with Crippen LogP contribution < -0.4 is 25.8 Å². The number of nitrogens with zero attached hydrogens (tertiary/aromatic N) is 7. The van der Waals surface area contributed by atoms with Gasteiger partial charge in [0.1, 0.15) is 51.7 Å². The average Bonchev–Trinajstić information content (AvgIpc) is 3.82. The van der Waals surface area contributed by atoms with E-state index in [2.05, 4.69) is 24.8 Å². The number of thiophene rings is 1. The Morgan fingerprint density at radius 2 is 1.92 bits per heavy atom. The summed E-state index contributed by atoms with van der Waals surface area (Å²) in [6, 6.07) is 6.78. The van der Waals surface area contributed by atoms with Gasteiger partial charge in [-0.1, -0.05) is 0 Å². The number of hydrogen-bond donors (Lipinski definition) is 2. The number of aromatic nitrogens is 4. The summed E-state index contributed by atoms with van der Waals surface area (Å²) in [6.07, 6.45) is 5.75. The predicted molar refractivity (Wildman–Crippen MR) is 189 cm³/mol. The molecule has 4 aliphatic rings. The number of ether oxygens (including phenoxy) is 2. The Labute approximate surface area is 299 Å². The van der Waals surface area contributed by atoms with Crippen molar-refractivity contribution in [3.05, 3.63) is 64.4 Å². The van der Waals surface area contributed by atoms with E-state index in [0.29, 0.717) is 42.8 Å². The number of rotatable bonds is 3. The van der Waals surface area contributed by atoms with Crippen molar-refractivity contribution < 1.29 is 27.0 Å². The molecule has 0 saturated carbocycles. The molecule has 7 heterocycles. The molecule has 0 spiro atoms. The maximum absolute atomic E-state index is 16.6. The summed E-state index contributed by atoms with van der Waals surface area (Å²) in [4.78, 5) is 22.1. The van der Waals surface area contributed by atoms with Gasteiger partial charge < -0.3 is 25.8 Å². The van der Waals surface area contributed by atoms with Crippen molar-refractivity contribution >= 4 is 49.0 Å². The number of nitriles is 1. The van der Waals surface area contributed by atoms with Crippen molar-refractivity contribution in [3.8, 4) is 29.2 Å². The molecule has 3 aliphatic heterocycles. The average molecular weight is 732 g/mol. The molecule has 0 radical (unpaired) electrons. The maximum atomic E-state index is 16.6. The Kier molecular flexibility index (Phi) is 8.70. The fourth-order valence-electron chi connectivity index (χ4n) is 7.97. The van der Waals surface area contributed by atoms with E-state index in [-0.39, 0.29) is 67.4 Å². The van der Waals surface area contributed by atoms with E-state index in [1.807, 2.05) is 17.0 Å². The molecule has 9 rings (SSSR count). The van der Waals surface area contributed by atoms with E-state index in [0.717, 1.165) is 54.7 Å². The number of aryl methyl sites for hydroxylation is 1. The van der Waals surface area contributed by atoms with Gasteiger partial charge in [-0.3, -0.25) is 4.90 Å². The number of nitrogen functional groups attached to an aromatic ring is 2. The van der Waals surface area contributed by atoms with Crippen LogP contribution in [0.15, 0.2) is 36.0 Å². The van der Waals surface area contributed by atoms with Crippen molar-refractivity contribution in [2.24, 2.45) is 0 Å². The summed E-state index contributed by atoms with van der Waals surface area (Å²) in [5.74, 6) is -0.395. The Bertz CT molecular complexity index is 2310. The summed E-state index contributed by atoms with van der Waals surface area (Å²) < 4.78 is 67.1. The zero-order valence-corrected chi connectivity index (χ0v) is 28.9. The lowest BCUT2D eigenvalue weighted by Crippen LogP contribution is -2.35. The zero-order chi connectivity index (χ0) is 36.3. The molecular formula is C36H33F4N9O2S. The number of anilines is 3. The molecule has 52 heavy (non-hydrogen) atoms. The number of nitrogens with two attached hydrogens (primary N) is 2. The molecule has 268 valence electrons. The predicted octanol–water partition coefficient (Wildman–Crippen LogP) is 6.91. The highest BCUT2D eigenvalue weighted by Crippen LogP contribution is 2.47. The highest BCUT2D eigenvalue weighted by atomic mass is 32.1. The fourth-order valence-corrected chi connectivity index (χ4v) is 8.92. The van der Waals surface area contributed by atoms with Gasteiger partial charge in [-0.15, -0.1) is 11.3 Å². The van der Waals surface area contributed by atoms with Gasteiger partial charge in [0, 0.05) is 40.9 Å². The SMILES string of the molecule is COc1nc2c3c(nc(-c4ccc(F)c5sc(N)c(C#N)c45)c(F)c3n1)OCCN2C1CCCc2ccnc(N)c21.FC(F)=C1CC2CCCN2C1. The van der Waals surface area contributed by atoms with Crippen molar-refractivity contribution in [1.82, 2.24) is 24.8 Å². The van der Waals surface area contributed by atoms with E-state index in [1.54, 1.807) is 6.20 Å². The second-order valence-electron chi connectivity index (χ2n) is 13.1. The molecule has 4 aromatic heterocycles. The summed E-state index contributed by atoms with van der Waals surface area (Å²) in [7, 11) is 1.40. The minimum Gasteiger partial charge on any atom is -0.475 e. The summed E-state index contributed by atoms with van der Waals surface area (Å²) in [5, 5.41) is 10.4. The lowest BCUT2D eigenvalue weighted by Gasteiger charge is -2.36. The molecular weight excluding hydrogens is 699 g/mol. The third-order valence-corrected chi connectivity index (χ3v) is 11.3. The van der Waals surface area contributed by atoms with E-state index >= 15 is 4.39 Å². The molecule has 4 N–H and O–H groups in total. The minimum atomic E-state index is -1.44. The van der Waals surface area contributed by atoms with Crippen molar-refractivity contribution in [2.75, 3.05) is 49.7 Å². The van der Waals surface area contributed by atoms with Crippen LogP contribution in [0.25, 0.3) is 32.2 Å². The molecule has 2 saturated heterocycles. The molecule has 1 aliphatic carbocycles. The first kappa shape index (κ1) is 33.9. The molecule has 2 atom stereocenters. The monoisotopic (exact) mass is 731 g/mol. The van der Waals surface area contributed by atoms with Crippen LogP contribution in [0.2, 0.25) is 0 Å². The Balaban J connectivity index is 0.000000299. The number of benzene rings is 1. The first-order valence-corrected chi connectivity index (χ1v) is 17.8. The molecule has 2 unspecified atom stereocenters. The minimum absolute atomic E-state index is 0.0432. The van der Waals surface area contributed by atoms with Crippen molar-refractivity contribution in [2.45, 2.75) is 50.6 Å². The quantitative estimate of drug-likeness (QED) is 0.186. The van der Waals surface area contributed by atoms with Gasteiger partial charge in [-0.05, 0) is 68.8 Å². The van der Waals surface area contributed by atoms with E-state index in [1.165, 1.54) is 25.7 Å². The number of fused-ring (bicyclic) bond motifs is 3. The lowest BCUT2D eigenvalue weighted by molar-refractivity contribution is 0.313. The largest absolute Gasteiger partial charge is 0.475 e. The summed E-state index contributed by atoms with van der Waals surface area (Å²) >= 11 is 0.924. The van der Waals surface area contributed by atoms with Gasteiger partial charge in [-0.25, -0.2) is 18.7 Å². The number of pyridine rings is 2. The molecule has 2 fully saturated rings. The van der Waals surface area contributed by atoms with Crippen LogP contribution in [0.5, 0.6) is 11.9 Å². The van der Waals surface area contributed by atoms with Gasteiger partial charge in [0.25, 0.3) is 6.08 Å². The second kappa shape index (κ2) is 13.4. The van der Waals surface area contributed by atoms with Gasteiger partial charge >= 0.3 is 6.01 Å². The molecule has 11 nitrogen and oxygen atoms in total. The van der Waals surface area contributed by atoms with E-state index in [9.17, 15) is 18.4 Å². The maximum Gasteiger partial charge on any atom is 0.318 e. The van der Waals surface area contributed by atoms with E-state index < -0.39 is 17.7 Å². The summed E-state index contributed by atoms with van der Waals surface area (Å²) in [6.45, 7) is 2.15. The van der Waals surface area contributed by atoms with Crippen LogP contribution in [0.4, 0.5) is 34.2 Å². The van der Waals surface area contributed by atoms with Crippen LogP contribution in [-0.2, 0) is 6.42 Å². The topological polar surface area (TPSA) is 152 Å². The lowest BCUT2D eigenvalue weighted by atomic mass is 9.87. The normalized spacial score (nSPS) is 19.4. The first-order chi connectivity index (χ1) is 25.2. The van der Waals surface area contributed by atoms with E-state index in [4.69, 9.17) is 20.9 Å². The zero-order valence-electron chi connectivity index (χ0n) is 28.1. The number of halogens is 4. The molecule has 0 amide bonds. The van der Waals surface area contributed by atoms with Crippen LogP contribution >= 0.6 is 11.3 Å². The van der Waals surface area contributed by atoms with Crippen LogP contribution in [0.3, 0.4) is 0 Å². The van der Waals surface area contributed by atoms with Crippen LogP contribution in [-0.4, -0.2) is 64.2 Å². The molecule has 0 bridgehead atoms. The Morgan fingerprint density at radius 1 is 1.08 bits per heavy atom.